The number of aromatic nitrogens is 3. The van der Waals surface area contributed by atoms with Gasteiger partial charge in [0.15, 0.2) is 0 Å². The molecule has 6 heteroatoms. The molecule has 1 heterocycles. The summed E-state index contributed by atoms with van der Waals surface area (Å²) in [4.78, 5) is 11.8. The van der Waals surface area contributed by atoms with Gasteiger partial charge in [0, 0.05) is 12.1 Å². The van der Waals surface area contributed by atoms with Crippen molar-refractivity contribution in [2.24, 2.45) is 5.73 Å². The second kappa shape index (κ2) is 5.77. The SMILES string of the molecule is CCC(C)(CC)NC(=O)Cn1cc(CN)nn1. The number of hydrogen-bond acceptors (Lipinski definition) is 4. The van der Waals surface area contributed by atoms with Gasteiger partial charge in [-0.25, -0.2) is 4.68 Å². The average molecular weight is 239 g/mol. The molecule has 96 valence electrons. The van der Waals surface area contributed by atoms with Crippen LogP contribution in [0.3, 0.4) is 0 Å². The number of nitrogens with zero attached hydrogens (tertiary/aromatic N) is 3. The maximum atomic E-state index is 11.8. The minimum absolute atomic E-state index is 0.0512. The van der Waals surface area contributed by atoms with E-state index < -0.39 is 0 Å². The zero-order valence-electron chi connectivity index (χ0n) is 10.7. The number of carbonyl (C=O) groups is 1. The van der Waals surface area contributed by atoms with E-state index in [1.807, 2.05) is 6.92 Å². The van der Waals surface area contributed by atoms with E-state index in [1.165, 1.54) is 4.68 Å². The molecule has 0 atom stereocenters. The summed E-state index contributed by atoms with van der Waals surface area (Å²) in [5.41, 5.74) is 5.96. The number of rotatable bonds is 6. The van der Waals surface area contributed by atoms with Crippen molar-refractivity contribution in [3.05, 3.63) is 11.9 Å². The first kappa shape index (κ1) is 13.6. The maximum absolute atomic E-state index is 11.8. The Morgan fingerprint density at radius 3 is 2.65 bits per heavy atom. The van der Waals surface area contributed by atoms with Gasteiger partial charge in [-0.1, -0.05) is 19.1 Å². The van der Waals surface area contributed by atoms with Crippen molar-refractivity contribution in [1.82, 2.24) is 20.3 Å². The summed E-state index contributed by atoms with van der Waals surface area (Å²) in [6.07, 6.45) is 3.50. The van der Waals surface area contributed by atoms with E-state index in [-0.39, 0.29) is 18.0 Å². The molecule has 0 spiro atoms. The molecule has 1 aromatic heterocycles. The van der Waals surface area contributed by atoms with Crippen LogP contribution in [0.1, 0.15) is 39.3 Å². The van der Waals surface area contributed by atoms with Crippen molar-refractivity contribution in [3.8, 4) is 0 Å². The van der Waals surface area contributed by atoms with E-state index in [9.17, 15) is 4.79 Å². The number of hydrogen-bond donors (Lipinski definition) is 2. The lowest BCUT2D eigenvalue weighted by atomic mass is 9.95. The fourth-order valence-electron chi connectivity index (χ4n) is 1.46. The highest BCUT2D eigenvalue weighted by atomic mass is 16.2. The molecule has 0 saturated carbocycles. The van der Waals surface area contributed by atoms with Crippen LogP contribution in [0.15, 0.2) is 6.20 Å². The summed E-state index contributed by atoms with van der Waals surface area (Å²) in [7, 11) is 0. The number of nitrogens with one attached hydrogen (secondary N) is 1. The van der Waals surface area contributed by atoms with Gasteiger partial charge in [0.25, 0.3) is 0 Å². The number of nitrogens with two attached hydrogens (primary N) is 1. The lowest BCUT2D eigenvalue weighted by Gasteiger charge is -2.28. The van der Waals surface area contributed by atoms with Gasteiger partial charge in [-0.3, -0.25) is 4.79 Å². The van der Waals surface area contributed by atoms with Crippen LogP contribution in [0.4, 0.5) is 0 Å². The molecule has 17 heavy (non-hydrogen) atoms. The van der Waals surface area contributed by atoms with Gasteiger partial charge in [-0.15, -0.1) is 5.10 Å². The van der Waals surface area contributed by atoms with Gasteiger partial charge in [0.05, 0.1) is 11.9 Å². The molecule has 1 rings (SSSR count). The zero-order valence-corrected chi connectivity index (χ0v) is 10.7. The Morgan fingerprint density at radius 1 is 1.53 bits per heavy atom. The van der Waals surface area contributed by atoms with Gasteiger partial charge >= 0.3 is 0 Å². The Hall–Kier alpha value is -1.43. The van der Waals surface area contributed by atoms with Gasteiger partial charge < -0.3 is 11.1 Å². The molecule has 0 fully saturated rings. The topological polar surface area (TPSA) is 85.8 Å². The van der Waals surface area contributed by atoms with Crippen LogP contribution in [0, 0.1) is 0 Å². The van der Waals surface area contributed by atoms with Crippen LogP contribution in [-0.4, -0.2) is 26.4 Å². The average Bonchev–Trinajstić information content (AvgIpc) is 2.76. The molecule has 0 aliphatic carbocycles. The molecule has 0 radical (unpaired) electrons. The number of amides is 1. The number of carbonyl (C=O) groups excluding carboxylic acids is 1. The summed E-state index contributed by atoms with van der Waals surface area (Å²) in [6.45, 7) is 6.68. The Balaban J connectivity index is 2.55. The van der Waals surface area contributed by atoms with E-state index in [2.05, 4.69) is 29.5 Å². The van der Waals surface area contributed by atoms with Crippen molar-refractivity contribution < 1.29 is 4.79 Å². The fraction of sp³-hybridized carbons (Fsp3) is 0.727. The third-order valence-electron chi connectivity index (χ3n) is 3.10. The fourth-order valence-corrected chi connectivity index (χ4v) is 1.46. The third kappa shape index (κ3) is 3.81. The van der Waals surface area contributed by atoms with E-state index in [4.69, 9.17) is 5.73 Å². The Labute approximate surface area is 102 Å². The van der Waals surface area contributed by atoms with E-state index in [0.29, 0.717) is 12.2 Å². The first-order valence-corrected chi connectivity index (χ1v) is 5.93. The predicted molar refractivity (Wildman–Crippen MR) is 65.0 cm³/mol. The van der Waals surface area contributed by atoms with E-state index in [1.54, 1.807) is 6.20 Å². The molecule has 6 nitrogen and oxygen atoms in total. The summed E-state index contributed by atoms with van der Waals surface area (Å²) in [5, 5.41) is 10.7. The second-order valence-electron chi connectivity index (χ2n) is 4.43. The van der Waals surface area contributed by atoms with Crippen LogP contribution in [0.5, 0.6) is 0 Å². The zero-order chi connectivity index (χ0) is 12.9. The largest absolute Gasteiger partial charge is 0.349 e. The molecular weight excluding hydrogens is 218 g/mol. The van der Waals surface area contributed by atoms with Crippen LogP contribution in [-0.2, 0) is 17.9 Å². The molecule has 1 aromatic rings. The van der Waals surface area contributed by atoms with Gasteiger partial charge in [0.2, 0.25) is 5.91 Å². The Morgan fingerprint density at radius 2 is 2.18 bits per heavy atom. The highest BCUT2D eigenvalue weighted by molar-refractivity contribution is 5.76. The molecule has 0 aliphatic rings. The van der Waals surface area contributed by atoms with E-state index >= 15 is 0 Å². The van der Waals surface area contributed by atoms with Crippen molar-refractivity contribution in [2.45, 2.75) is 52.2 Å². The van der Waals surface area contributed by atoms with Crippen molar-refractivity contribution in [1.29, 1.82) is 0 Å². The molecule has 3 N–H and O–H groups in total. The van der Waals surface area contributed by atoms with Crippen LogP contribution < -0.4 is 11.1 Å². The first-order chi connectivity index (χ1) is 8.03. The summed E-state index contributed by atoms with van der Waals surface area (Å²) < 4.78 is 1.50. The predicted octanol–water partition coefficient (Wildman–Crippen LogP) is 0.432. The van der Waals surface area contributed by atoms with Crippen molar-refractivity contribution in [3.63, 3.8) is 0 Å². The maximum Gasteiger partial charge on any atom is 0.242 e. The standard InChI is InChI=1S/C11H21N5O/c1-4-11(3,5-2)13-10(17)8-16-7-9(6-12)14-15-16/h7H,4-6,8,12H2,1-3H3,(H,13,17). The summed E-state index contributed by atoms with van der Waals surface area (Å²) >= 11 is 0. The summed E-state index contributed by atoms with van der Waals surface area (Å²) in [6, 6.07) is 0. The molecule has 0 saturated heterocycles. The second-order valence-corrected chi connectivity index (χ2v) is 4.43. The molecule has 0 aromatic carbocycles. The lowest BCUT2D eigenvalue weighted by molar-refractivity contribution is -0.123. The molecule has 0 unspecified atom stereocenters. The monoisotopic (exact) mass is 239 g/mol. The quantitative estimate of drug-likeness (QED) is 0.754. The van der Waals surface area contributed by atoms with Crippen molar-refractivity contribution in [2.75, 3.05) is 0 Å². The molecule has 1 amide bonds. The van der Waals surface area contributed by atoms with Crippen LogP contribution in [0.2, 0.25) is 0 Å². The van der Waals surface area contributed by atoms with Gasteiger partial charge in [0.1, 0.15) is 6.54 Å². The minimum Gasteiger partial charge on any atom is -0.349 e. The molecular formula is C11H21N5O. The van der Waals surface area contributed by atoms with Gasteiger partial charge in [-0.05, 0) is 19.8 Å². The third-order valence-corrected chi connectivity index (χ3v) is 3.10. The highest BCUT2D eigenvalue weighted by Crippen LogP contribution is 2.13. The van der Waals surface area contributed by atoms with Gasteiger partial charge in [-0.2, -0.15) is 0 Å². The normalized spacial score (nSPS) is 11.5. The molecule has 0 bridgehead atoms. The lowest BCUT2D eigenvalue weighted by Crippen LogP contribution is -2.46. The van der Waals surface area contributed by atoms with Crippen molar-refractivity contribution >= 4 is 5.91 Å². The highest BCUT2D eigenvalue weighted by Gasteiger charge is 2.21. The minimum atomic E-state index is -0.144. The Bertz CT molecular complexity index is 370. The molecule has 0 aliphatic heterocycles. The Kier molecular flexibility index (Phi) is 4.62. The first-order valence-electron chi connectivity index (χ1n) is 5.93. The van der Waals surface area contributed by atoms with Crippen LogP contribution >= 0.6 is 0 Å². The smallest absolute Gasteiger partial charge is 0.242 e. The van der Waals surface area contributed by atoms with E-state index in [0.717, 1.165) is 12.8 Å². The van der Waals surface area contributed by atoms with Crippen LogP contribution in [0.25, 0.3) is 0 Å². The summed E-state index contributed by atoms with van der Waals surface area (Å²) in [5.74, 6) is -0.0512.